The maximum Gasteiger partial charge on any atom is 0.320 e. The van der Waals surface area contributed by atoms with Crippen LogP contribution in [0.15, 0.2) is 54.6 Å². The summed E-state index contributed by atoms with van der Waals surface area (Å²) in [6, 6.07) is 16.5. The maximum atomic E-state index is 12.4. The van der Waals surface area contributed by atoms with Crippen molar-refractivity contribution >= 4 is 34.3 Å². The molecule has 3 rings (SSSR count). The van der Waals surface area contributed by atoms with Crippen LogP contribution in [-0.2, 0) is 0 Å². The smallest absolute Gasteiger partial charge is 0.320 e. The molecule has 6 nitrogen and oxygen atoms in total. The normalized spacial score (nSPS) is 11.8. The van der Waals surface area contributed by atoms with Gasteiger partial charge in [-0.15, -0.1) is 0 Å². The number of amides is 2. The van der Waals surface area contributed by atoms with E-state index in [9.17, 15) is 4.79 Å². The lowest BCUT2D eigenvalue weighted by atomic mass is 10.1. The molecule has 0 aliphatic carbocycles. The molecule has 0 spiro atoms. The second kappa shape index (κ2) is 7.43. The highest BCUT2D eigenvalue weighted by Gasteiger charge is 2.20. The van der Waals surface area contributed by atoms with Crippen molar-refractivity contribution in [3.63, 3.8) is 0 Å². The number of nitrogens with zero attached hydrogens (tertiary/aromatic N) is 2. The number of halogens is 1. The lowest BCUT2D eigenvalue weighted by Crippen LogP contribution is -2.33. The number of anilines is 1. The van der Waals surface area contributed by atoms with Gasteiger partial charge in [0.15, 0.2) is 5.82 Å². The zero-order chi connectivity index (χ0) is 16.9. The molecule has 2 aromatic carbocycles. The van der Waals surface area contributed by atoms with Crippen molar-refractivity contribution in [3.05, 3.63) is 75.4 Å². The van der Waals surface area contributed by atoms with E-state index in [0.29, 0.717) is 11.6 Å². The van der Waals surface area contributed by atoms with Crippen LogP contribution in [0.5, 0.6) is 0 Å². The van der Waals surface area contributed by atoms with Crippen molar-refractivity contribution in [1.29, 1.82) is 0 Å². The molecule has 1 atom stereocenters. The lowest BCUT2D eigenvalue weighted by molar-refractivity contribution is 0.249. The number of benzene rings is 2. The third kappa shape index (κ3) is 4.10. The molecule has 24 heavy (non-hydrogen) atoms. The van der Waals surface area contributed by atoms with Gasteiger partial charge in [0.2, 0.25) is 0 Å². The summed E-state index contributed by atoms with van der Waals surface area (Å²) in [5.74, 6) is 1.22. The summed E-state index contributed by atoms with van der Waals surface area (Å²) in [5.41, 5.74) is 1.65. The largest absolute Gasteiger partial charge is 0.324 e. The van der Waals surface area contributed by atoms with Gasteiger partial charge < -0.3 is 10.6 Å². The number of H-pyrrole nitrogens is 1. The molecule has 7 heteroatoms. The molecule has 0 radical (unpaired) electrons. The van der Waals surface area contributed by atoms with E-state index >= 15 is 0 Å². The van der Waals surface area contributed by atoms with Crippen LogP contribution in [0.1, 0.15) is 23.3 Å². The van der Waals surface area contributed by atoms with Gasteiger partial charge in [-0.25, -0.2) is 9.78 Å². The molecule has 0 bridgehead atoms. The molecular weight excluding hydrogens is 417 g/mol. The number of nitrogens with one attached hydrogen (secondary N) is 3. The number of carbonyl (C=O) groups is 1. The van der Waals surface area contributed by atoms with Crippen molar-refractivity contribution in [3.8, 4) is 0 Å². The van der Waals surface area contributed by atoms with E-state index in [1.807, 2.05) is 61.5 Å². The molecule has 3 N–H and O–H groups in total. The van der Waals surface area contributed by atoms with Crippen LogP contribution >= 0.6 is 22.6 Å². The molecule has 2 amide bonds. The van der Waals surface area contributed by atoms with E-state index in [1.54, 1.807) is 0 Å². The number of rotatable bonds is 4. The third-order valence-electron chi connectivity index (χ3n) is 3.36. The zero-order valence-corrected chi connectivity index (χ0v) is 15.1. The van der Waals surface area contributed by atoms with Crippen LogP contribution < -0.4 is 10.6 Å². The van der Waals surface area contributed by atoms with E-state index < -0.39 is 6.04 Å². The Morgan fingerprint density at radius 3 is 2.62 bits per heavy atom. The number of carbonyl (C=O) groups excluding carboxylic acids is 1. The second-order valence-corrected chi connectivity index (χ2v) is 6.48. The number of aromatic amines is 1. The molecule has 3 aromatic rings. The van der Waals surface area contributed by atoms with Crippen molar-refractivity contribution in [2.45, 2.75) is 13.0 Å². The fourth-order valence-corrected chi connectivity index (χ4v) is 2.84. The molecule has 122 valence electrons. The van der Waals surface area contributed by atoms with Crippen LogP contribution in [-0.4, -0.2) is 21.2 Å². The summed E-state index contributed by atoms with van der Waals surface area (Å²) < 4.78 is 1.05. The molecular formula is C17H16IN5O. The van der Waals surface area contributed by atoms with E-state index in [-0.39, 0.29) is 6.03 Å². The molecule has 0 aliphatic rings. The van der Waals surface area contributed by atoms with Crippen molar-refractivity contribution in [2.24, 2.45) is 0 Å². The van der Waals surface area contributed by atoms with E-state index in [0.717, 1.165) is 14.8 Å². The van der Waals surface area contributed by atoms with Gasteiger partial charge in [0, 0.05) is 9.26 Å². The number of hydrogen-bond donors (Lipinski definition) is 3. The van der Waals surface area contributed by atoms with Gasteiger partial charge in [-0.1, -0.05) is 36.4 Å². The number of urea groups is 1. The van der Waals surface area contributed by atoms with E-state index in [2.05, 4.69) is 48.4 Å². The number of hydrogen-bond acceptors (Lipinski definition) is 3. The van der Waals surface area contributed by atoms with Crippen LogP contribution in [0.2, 0.25) is 0 Å². The van der Waals surface area contributed by atoms with Gasteiger partial charge in [0.1, 0.15) is 11.9 Å². The Kier molecular flexibility index (Phi) is 5.09. The van der Waals surface area contributed by atoms with Crippen LogP contribution in [0.4, 0.5) is 10.5 Å². The summed E-state index contributed by atoms with van der Waals surface area (Å²) in [6.45, 7) is 1.82. The fraction of sp³-hybridized carbons (Fsp3) is 0.118. The second-order valence-electron chi connectivity index (χ2n) is 5.23. The Morgan fingerprint density at radius 2 is 1.96 bits per heavy atom. The predicted octanol–water partition coefficient (Wildman–Crippen LogP) is 3.63. The Morgan fingerprint density at radius 1 is 1.17 bits per heavy atom. The highest BCUT2D eigenvalue weighted by Crippen LogP contribution is 2.19. The molecule has 1 unspecified atom stereocenters. The summed E-state index contributed by atoms with van der Waals surface area (Å²) >= 11 is 2.20. The quantitative estimate of drug-likeness (QED) is 0.550. The topological polar surface area (TPSA) is 82.7 Å². The standard InChI is InChI=1S/C17H16IN5O/c1-11-19-16(23-22-11)15(12-6-3-2-4-7-12)21-17(24)20-14-9-5-8-13(18)10-14/h2-10,15H,1H3,(H,19,22,23)(H2,20,21,24). The van der Waals surface area contributed by atoms with Crippen LogP contribution in [0.3, 0.4) is 0 Å². The molecule has 0 fully saturated rings. The van der Waals surface area contributed by atoms with E-state index in [4.69, 9.17) is 0 Å². The average molecular weight is 433 g/mol. The first-order valence-electron chi connectivity index (χ1n) is 7.39. The van der Waals surface area contributed by atoms with Gasteiger partial charge in [-0.3, -0.25) is 5.10 Å². The number of aromatic nitrogens is 3. The van der Waals surface area contributed by atoms with Crippen molar-refractivity contribution in [2.75, 3.05) is 5.32 Å². The molecule has 1 aromatic heterocycles. The summed E-state index contributed by atoms with van der Waals surface area (Å²) in [5, 5.41) is 12.8. The Balaban J connectivity index is 1.80. The molecule has 0 aliphatic heterocycles. The first-order valence-corrected chi connectivity index (χ1v) is 8.46. The summed E-state index contributed by atoms with van der Waals surface area (Å²) in [6.07, 6.45) is 0. The molecule has 0 saturated carbocycles. The minimum Gasteiger partial charge on any atom is -0.324 e. The predicted molar refractivity (Wildman–Crippen MR) is 101 cm³/mol. The summed E-state index contributed by atoms with van der Waals surface area (Å²) in [7, 11) is 0. The van der Waals surface area contributed by atoms with Crippen molar-refractivity contribution < 1.29 is 4.79 Å². The first-order chi connectivity index (χ1) is 11.6. The lowest BCUT2D eigenvalue weighted by Gasteiger charge is -2.17. The number of aryl methyl sites for hydroxylation is 1. The van der Waals surface area contributed by atoms with Crippen LogP contribution in [0, 0.1) is 10.5 Å². The third-order valence-corrected chi connectivity index (χ3v) is 4.03. The Labute approximate surface area is 153 Å². The van der Waals surface area contributed by atoms with Gasteiger partial charge in [-0.05, 0) is 53.3 Å². The average Bonchev–Trinajstić information content (AvgIpc) is 3.00. The first kappa shape index (κ1) is 16.4. The Bertz CT molecular complexity index is 834. The van der Waals surface area contributed by atoms with Crippen molar-refractivity contribution in [1.82, 2.24) is 20.5 Å². The van der Waals surface area contributed by atoms with Gasteiger partial charge >= 0.3 is 6.03 Å². The van der Waals surface area contributed by atoms with Gasteiger partial charge in [0.25, 0.3) is 0 Å². The SMILES string of the molecule is Cc1nc(C(NC(=O)Nc2cccc(I)c2)c2ccccc2)n[nH]1. The van der Waals surface area contributed by atoms with Crippen LogP contribution in [0.25, 0.3) is 0 Å². The Hall–Kier alpha value is -2.42. The highest BCUT2D eigenvalue weighted by molar-refractivity contribution is 14.1. The highest BCUT2D eigenvalue weighted by atomic mass is 127. The van der Waals surface area contributed by atoms with Gasteiger partial charge in [0.05, 0.1) is 0 Å². The van der Waals surface area contributed by atoms with Gasteiger partial charge in [-0.2, -0.15) is 5.10 Å². The monoisotopic (exact) mass is 433 g/mol. The molecule has 0 saturated heterocycles. The minimum atomic E-state index is -0.432. The fourth-order valence-electron chi connectivity index (χ4n) is 2.30. The maximum absolute atomic E-state index is 12.4. The molecule has 1 heterocycles. The van der Waals surface area contributed by atoms with E-state index in [1.165, 1.54) is 0 Å². The zero-order valence-electron chi connectivity index (χ0n) is 13.0. The summed E-state index contributed by atoms with van der Waals surface area (Å²) in [4.78, 5) is 16.7. The minimum absolute atomic E-state index is 0.312.